The van der Waals surface area contributed by atoms with E-state index in [1.165, 1.54) is 17.1 Å². The molecule has 1 heterocycles. The van der Waals surface area contributed by atoms with Gasteiger partial charge in [0.15, 0.2) is 0 Å². The van der Waals surface area contributed by atoms with Gasteiger partial charge in [0.2, 0.25) is 0 Å². The van der Waals surface area contributed by atoms with Crippen molar-refractivity contribution in [3.8, 4) is 0 Å². The molecule has 2 fully saturated rings. The Morgan fingerprint density at radius 1 is 1.15 bits per heavy atom. The van der Waals surface area contributed by atoms with Crippen LogP contribution >= 0.6 is 10.7 Å². The van der Waals surface area contributed by atoms with Crippen molar-refractivity contribution in [3.05, 3.63) is 0 Å². The Kier molecular flexibility index (Phi) is 2.55. The summed E-state index contributed by atoms with van der Waals surface area (Å²) in [6.45, 7) is 0.626. The number of rotatable bonds is 1. The number of fused-ring (bicyclic) bond motifs is 1. The SMILES string of the molecule is O=S(=O)(Cl)N1CC[C@@H]2CCCC[C@@H]21. The molecule has 1 saturated heterocycles. The summed E-state index contributed by atoms with van der Waals surface area (Å²) in [4.78, 5) is 0. The fourth-order valence-corrected chi connectivity index (χ4v) is 4.07. The van der Waals surface area contributed by atoms with Gasteiger partial charge in [0.05, 0.1) is 0 Å². The largest absolute Gasteiger partial charge is 0.300 e. The van der Waals surface area contributed by atoms with E-state index in [0.717, 1.165) is 19.3 Å². The number of hydrogen-bond acceptors (Lipinski definition) is 2. The summed E-state index contributed by atoms with van der Waals surface area (Å²) in [7, 11) is 1.89. The Morgan fingerprint density at radius 3 is 2.54 bits per heavy atom. The molecule has 5 heteroatoms. The molecule has 76 valence electrons. The summed E-state index contributed by atoms with van der Waals surface area (Å²) in [5.41, 5.74) is 0. The van der Waals surface area contributed by atoms with Gasteiger partial charge in [-0.1, -0.05) is 12.8 Å². The number of hydrogen-bond donors (Lipinski definition) is 0. The van der Waals surface area contributed by atoms with Crippen molar-refractivity contribution in [2.45, 2.75) is 38.1 Å². The summed E-state index contributed by atoms with van der Waals surface area (Å²) in [6, 6.07) is 0.205. The monoisotopic (exact) mass is 223 g/mol. The van der Waals surface area contributed by atoms with Gasteiger partial charge in [0.25, 0.3) is 9.24 Å². The Morgan fingerprint density at radius 2 is 1.85 bits per heavy atom. The third-order valence-electron chi connectivity index (χ3n) is 3.24. The van der Waals surface area contributed by atoms with E-state index in [1.807, 2.05) is 0 Å². The van der Waals surface area contributed by atoms with Crippen molar-refractivity contribution in [2.75, 3.05) is 6.54 Å². The molecule has 0 unspecified atom stereocenters. The molecule has 0 spiro atoms. The van der Waals surface area contributed by atoms with E-state index in [4.69, 9.17) is 10.7 Å². The second-order valence-corrected chi connectivity index (χ2v) is 6.42. The van der Waals surface area contributed by atoms with Crippen LogP contribution in [0, 0.1) is 5.92 Å². The van der Waals surface area contributed by atoms with Crippen LogP contribution < -0.4 is 0 Å². The van der Waals surface area contributed by atoms with Crippen molar-refractivity contribution in [1.29, 1.82) is 0 Å². The first-order valence-electron chi connectivity index (χ1n) is 4.80. The molecule has 0 N–H and O–H groups in total. The van der Waals surface area contributed by atoms with E-state index < -0.39 is 9.24 Å². The summed E-state index contributed by atoms with van der Waals surface area (Å²) in [5.74, 6) is 0.572. The fourth-order valence-electron chi connectivity index (χ4n) is 2.63. The molecule has 2 rings (SSSR count). The van der Waals surface area contributed by atoms with E-state index in [0.29, 0.717) is 12.5 Å². The normalized spacial score (nSPS) is 36.1. The van der Waals surface area contributed by atoms with Crippen molar-refractivity contribution >= 4 is 19.9 Å². The Labute approximate surface area is 83.6 Å². The molecule has 3 nitrogen and oxygen atoms in total. The van der Waals surface area contributed by atoms with Crippen LogP contribution in [0.1, 0.15) is 32.1 Å². The van der Waals surface area contributed by atoms with E-state index in [2.05, 4.69) is 0 Å². The predicted octanol–water partition coefficient (Wildman–Crippen LogP) is 1.73. The predicted molar refractivity (Wildman–Crippen MR) is 51.8 cm³/mol. The van der Waals surface area contributed by atoms with Crippen LogP contribution in [0.5, 0.6) is 0 Å². The lowest BCUT2D eigenvalue weighted by molar-refractivity contribution is 0.263. The van der Waals surface area contributed by atoms with Gasteiger partial charge in [-0.25, -0.2) is 0 Å². The average Bonchev–Trinajstić information content (AvgIpc) is 2.45. The summed E-state index contributed by atoms with van der Waals surface area (Å²) >= 11 is 0. The lowest BCUT2D eigenvalue weighted by Gasteiger charge is -2.29. The van der Waals surface area contributed by atoms with Gasteiger partial charge >= 0.3 is 0 Å². The van der Waals surface area contributed by atoms with Crippen molar-refractivity contribution in [2.24, 2.45) is 5.92 Å². The van der Waals surface area contributed by atoms with Crippen molar-refractivity contribution in [3.63, 3.8) is 0 Å². The molecule has 0 radical (unpaired) electrons. The molecular formula is C8H14ClNO2S. The molecule has 0 bridgehead atoms. The van der Waals surface area contributed by atoms with Gasteiger partial charge in [0.1, 0.15) is 0 Å². The Balaban J connectivity index is 2.16. The first-order chi connectivity index (χ1) is 6.09. The van der Waals surface area contributed by atoms with Crippen LogP contribution in [-0.4, -0.2) is 25.3 Å². The smallest absolute Gasteiger partial charge is 0.195 e. The molecule has 1 saturated carbocycles. The second kappa shape index (κ2) is 3.41. The van der Waals surface area contributed by atoms with Crippen LogP contribution in [0.15, 0.2) is 0 Å². The molecule has 1 aliphatic heterocycles. The van der Waals surface area contributed by atoms with E-state index in [9.17, 15) is 8.42 Å². The molecule has 2 atom stereocenters. The summed E-state index contributed by atoms with van der Waals surface area (Å²) in [5, 5.41) is 0. The minimum Gasteiger partial charge on any atom is -0.195 e. The summed E-state index contributed by atoms with van der Waals surface area (Å²) < 4.78 is 23.8. The first-order valence-corrected chi connectivity index (χ1v) is 7.07. The maximum atomic E-state index is 11.2. The highest BCUT2D eigenvalue weighted by Crippen LogP contribution is 2.38. The zero-order valence-electron chi connectivity index (χ0n) is 7.45. The quantitative estimate of drug-likeness (QED) is 0.635. The summed E-state index contributed by atoms with van der Waals surface area (Å²) in [6.07, 6.45) is 5.56. The lowest BCUT2D eigenvalue weighted by atomic mass is 9.86. The Hall–Kier alpha value is 0.200. The van der Waals surface area contributed by atoms with Crippen LogP contribution in [-0.2, 0) is 9.24 Å². The molecule has 1 aliphatic carbocycles. The van der Waals surface area contributed by atoms with E-state index in [-0.39, 0.29) is 6.04 Å². The van der Waals surface area contributed by atoms with Crippen molar-refractivity contribution in [1.82, 2.24) is 4.31 Å². The minimum absolute atomic E-state index is 0.205. The maximum Gasteiger partial charge on any atom is 0.300 e. The van der Waals surface area contributed by atoms with Crippen LogP contribution in [0.4, 0.5) is 0 Å². The third kappa shape index (κ3) is 1.85. The molecule has 2 aliphatic rings. The average molecular weight is 224 g/mol. The van der Waals surface area contributed by atoms with E-state index >= 15 is 0 Å². The maximum absolute atomic E-state index is 11.2. The van der Waals surface area contributed by atoms with Gasteiger partial charge in [-0.2, -0.15) is 12.7 Å². The molecule has 0 aromatic rings. The van der Waals surface area contributed by atoms with Gasteiger partial charge in [0, 0.05) is 23.3 Å². The molecular weight excluding hydrogens is 210 g/mol. The Bertz CT molecular complexity index is 291. The van der Waals surface area contributed by atoms with Gasteiger partial charge in [-0.15, -0.1) is 0 Å². The third-order valence-corrected chi connectivity index (χ3v) is 4.78. The topological polar surface area (TPSA) is 37.4 Å². The minimum atomic E-state index is -3.47. The highest BCUT2D eigenvalue weighted by molar-refractivity contribution is 8.11. The number of halogens is 1. The van der Waals surface area contributed by atoms with Crippen LogP contribution in [0.2, 0.25) is 0 Å². The highest BCUT2D eigenvalue weighted by Gasteiger charge is 2.40. The standard InChI is InChI=1S/C8H14ClNO2S/c9-13(11,12)10-6-5-7-3-1-2-4-8(7)10/h7-8H,1-6H2/t7-,8-/m0/s1. The second-order valence-electron chi connectivity index (χ2n) is 3.95. The van der Waals surface area contributed by atoms with Gasteiger partial charge in [-0.3, -0.25) is 0 Å². The van der Waals surface area contributed by atoms with Gasteiger partial charge < -0.3 is 0 Å². The molecule has 0 aromatic carbocycles. The van der Waals surface area contributed by atoms with Crippen molar-refractivity contribution < 1.29 is 8.42 Å². The van der Waals surface area contributed by atoms with E-state index in [1.54, 1.807) is 0 Å². The zero-order valence-corrected chi connectivity index (χ0v) is 9.02. The molecule has 0 aromatic heterocycles. The van der Waals surface area contributed by atoms with Gasteiger partial charge in [-0.05, 0) is 25.2 Å². The molecule has 13 heavy (non-hydrogen) atoms. The van der Waals surface area contributed by atoms with Crippen LogP contribution in [0.3, 0.4) is 0 Å². The van der Waals surface area contributed by atoms with Crippen LogP contribution in [0.25, 0.3) is 0 Å². The zero-order chi connectivity index (χ0) is 9.47. The molecule has 0 amide bonds. The highest BCUT2D eigenvalue weighted by atomic mass is 35.7. The lowest BCUT2D eigenvalue weighted by Crippen LogP contribution is -2.36. The first kappa shape index (κ1) is 9.74. The fraction of sp³-hybridized carbons (Fsp3) is 1.00. The number of nitrogens with zero attached hydrogens (tertiary/aromatic N) is 1.